The molecule has 1 aromatic heterocycles. The predicted octanol–water partition coefficient (Wildman–Crippen LogP) is 4.02. The van der Waals surface area contributed by atoms with Crippen molar-refractivity contribution in [2.45, 2.75) is 19.9 Å². The monoisotopic (exact) mass is 280 g/mol. The van der Waals surface area contributed by atoms with E-state index in [-0.39, 0.29) is 0 Å². The van der Waals surface area contributed by atoms with Crippen molar-refractivity contribution in [3.05, 3.63) is 41.1 Å². The maximum atomic E-state index is 5.71. The molecule has 0 fully saturated rings. The number of rotatable bonds is 3. The Balaban J connectivity index is 2.23. The van der Waals surface area contributed by atoms with Crippen molar-refractivity contribution in [2.24, 2.45) is 0 Å². The fourth-order valence-electron chi connectivity index (χ4n) is 1.38. The molecule has 0 amide bonds. The second-order valence-corrected chi connectivity index (χ2v) is 4.50. The number of para-hydroxylation sites is 1. The lowest BCUT2D eigenvalue weighted by molar-refractivity contribution is 0.470. The van der Waals surface area contributed by atoms with Crippen LogP contribution in [0.1, 0.15) is 19.9 Å². The Morgan fingerprint density at radius 1 is 1.25 bits per heavy atom. The topological polar surface area (TPSA) is 27.1 Å². The van der Waals surface area contributed by atoms with Gasteiger partial charge in [0.15, 0.2) is 5.75 Å². The van der Waals surface area contributed by atoms with Crippen LogP contribution in [-0.2, 0) is 0 Å². The van der Waals surface area contributed by atoms with Gasteiger partial charge in [-0.25, -0.2) is 0 Å². The van der Waals surface area contributed by atoms with Gasteiger partial charge in [-0.3, -0.25) is 4.68 Å². The summed E-state index contributed by atoms with van der Waals surface area (Å²) < 4.78 is 8.45. The molecule has 3 nitrogen and oxygen atoms in total. The number of aromatic nitrogens is 2. The van der Waals surface area contributed by atoms with Gasteiger partial charge in [0.25, 0.3) is 0 Å². The highest BCUT2D eigenvalue weighted by Crippen LogP contribution is 2.30. The van der Waals surface area contributed by atoms with Crippen LogP contribution in [0.3, 0.4) is 0 Å². The van der Waals surface area contributed by atoms with E-state index in [9.17, 15) is 0 Å². The Morgan fingerprint density at radius 3 is 2.50 bits per heavy atom. The summed E-state index contributed by atoms with van der Waals surface area (Å²) in [6, 6.07) is 9.98. The minimum atomic E-state index is 0.308. The summed E-state index contributed by atoms with van der Waals surface area (Å²) >= 11 is 3.48. The zero-order valence-electron chi connectivity index (χ0n) is 9.22. The molecular formula is C12H13BrN2O. The summed E-state index contributed by atoms with van der Waals surface area (Å²) in [7, 11) is 0. The molecule has 0 N–H and O–H groups in total. The van der Waals surface area contributed by atoms with Crippen LogP contribution in [0.25, 0.3) is 0 Å². The van der Waals surface area contributed by atoms with Crippen LogP contribution in [-0.4, -0.2) is 9.78 Å². The molecule has 0 bridgehead atoms. The normalized spacial score (nSPS) is 10.8. The number of halogens is 1. The van der Waals surface area contributed by atoms with Gasteiger partial charge in [0, 0.05) is 6.04 Å². The van der Waals surface area contributed by atoms with Crippen LogP contribution >= 0.6 is 15.9 Å². The quantitative estimate of drug-likeness (QED) is 0.849. The Morgan fingerprint density at radius 2 is 1.94 bits per heavy atom. The summed E-state index contributed by atoms with van der Waals surface area (Å²) in [4.78, 5) is 0. The summed E-state index contributed by atoms with van der Waals surface area (Å²) in [5.74, 6) is 1.55. The number of hydrogen-bond donors (Lipinski definition) is 0. The molecule has 0 atom stereocenters. The Labute approximate surface area is 103 Å². The van der Waals surface area contributed by atoms with Crippen LogP contribution in [0.15, 0.2) is 41.1 Å². The predicted molar refractivity (Wildman–Crippen MR) is 66.8 cm³/mol. The van der Waals surface area contributed by atoms with Crippen molar-refractivity contribution < 1.29 is 4.74 Å². The molecule has 4 heteroatoms. The summed E-state index contributed by atoms with van der Waals surface area (Å²) in [5.41, 5.74) is 0. The molecule has 0 aliphatic heterocycles. The molecule has 1 heterocycles. The number of ether oxygens (including phenoxy) is 1. The van der Waals surface area contributed by atoms with E-state index in [1.54, 1.807) is 6.20 Å². The van der Waals surface area contributed by atoms with Crippen molar-refractivity contribution in [3.8, 4) is 11.5 Å². The molecular weight excluding hydrogens is 268 g/mol. The van der Waals surface area contributed by atoms with Gasteiger partial charge in [-0.1, -0.05) is 18.2 Å². The maximum absolute atomic E-state index is 5.71. The summed E-state index contributed by atoms with van der Waals surface area (Å²) in [5, 5.41) is 4.26. The molecule has 16 heavy (non-hydrogen) atoms. The molecule has 0 aliphatic carbocycles. The molecule has 0 saturated heterocycles. The molecule has 0 radical (unpaired) electrons. The van der Waals surface area contributed by atoms with Gasteiger partial charge >= 0.3 is 0 Å². The largest absolute Gasteiger partial charge is 0.453 e. The van der Waals surface area contributed by atoms with Crippen molar-refractivity contribution in [1.29, 1.82) is 0 Å². The summed E-state index contributed by atoms with van der Waals surface area (Å²) in [6.45, 7) is 4.15. The highest BCUT2D eigenvalue weighted by Gasteiger charge is 2.11. The van der Waals surface area contributed by atoms with E-state index in [4.69, 9.17) is 4.74 Å². The van der Waals surface area contributed by atoms with E-state index in [1.165, 1.54) is 0 Å². The van der Waals surface area contributed by atoms with Crippen LogP contribution in [0.4, 0.5) is 0 Å². The van der Waals surface area contributed by atoms with Crippen molar-refractivity contribution in [1.82, 2.24) is 9.78 Å². The second kappa shape index (κ2) is 4.70. The Hall–Kier alpha value is -1.29. The Kier molecular flexibility index (Phi) is 3.29. The van der Waals surface area contributed by atoms with E-state index >= 15 is 0 Å². The third-order valence-electron chi connectivity index (χ3n) is 2.16. The van der Waals surface area contributed by atoms with Gasteiger partial charge in [0.05, 0.1) is 6.20 Å². The van der Waals surface area contributed by atoms with Gasteiger partial charge in [-0.15, -0.1) is 0 Å². The second-order valence-electron chi connectivity index (χ2n) is 3.75. The first kappa shape index (κ1) is 11.2. The van der Waals surface area contributed by atoms with E-state index in [1.807, 2.05) is 35.0 Å². The maximum Gasteiger partial charge on any atom is 0.179 e. The fraction of sp³-hybridized carbons (Fsp3) is 0.250. The van der Waals surface area contributed by atoms with Crippen molar-refractivity contribution in [3.63, 3.8) is 0 Å². The zero-order valence-corrected chi connectivity index (χ0v) is 10.8. The molecule has 2 aromatic rings. The lowest BCUT2D eigenvalue weighted by Gasteiger charge is -2.07. The third-order valence-corrected chi connectivity index (χ3v) is 2.92. The van der Waals surface area contributed by atoms with Gasteiger partial charge in [-0.05, 0) is 41.9 Å². The first-order chi connectivity index (χ1) is 7.68. The van der Waals surface area contributed by atoms with Crippen LogP contribution in [0.2, 0.25) is 0 Å². The van der Waals surface area contributed by atoms with Crippen molar-refractivity contribution in [2.75, 3.05) is 0 Å². The first-order valence-corrected chi connectivity index (χ1v) is 5.93. The third kappa shape index (κ3) is 2.27. The van der Waals surface area contributed by atoms with Gasteiger partial charge in [0.1, 0.15) is 10.4 Å². The highest BCUT2D eigenvalue weighted by molar-refractivity contribution is 9.10. The van der Waals surface area contributed by atoms with Crippen molar-refractivity contribution >= 4 is 15.9 Å². The smallest absolute Gasteiger partial charge is 0.179 e. The number of nitrogens with zero attached hydrogens (tertiary/aromatic N) is 2. The molecule has 0 unspecified atom stereocenters. The highest BCUT2D eigenvalue weighted by atomic mass is 79.9. The van der Waals surface area contributed by atoms with Gasteiger partial charge < -0.3 is 4.74 Å². The van der Waals surface area contributed by atoms with Crippen LogP contribution < -0.4 is 4.74 Å². The zero-order chi connectivity index (χ0) is 11.5. The van der Waals surface area contributed by atoms with E-state index in [2.05, 4.69) is 34.9 Å². The van der Waals surface area contributed by atoms with E-state index in [0.717, 1.165) is 16.1 Å². The SMILES string of the molecule is CC(C)n1ncc(Oc2ccccc2)c1Br. The first-order valence-electron chi connectivity index (χ1n) is 5.14. The molecule has 0 spiro atoms. The lowest BCUT2D eigenvalue weighted by atomic mass is 10.3. The minimum Gasteiger partial charge on any atom is -0.453 e. The lowest BCUT2D eigenvalue weighted by Crippen LogP contribution is -2.02. The minimum absolute atomic E-state index is 0.308. The fourth-order valence-corrected chi connectivity index (χ4v) is 2.06. The molecule has 2 rings (SSSR count). The number of hydrogen-bond acceptors (Lipinski definition) is 2. The van der Waals surface area contributed by atoms with E-state index < -0.39 is 0 Å². The van der Waals surface area contributed by atoms with Crippen LogP contribution in [0, 0.1) is 0 Å². The molecule has 84 valence electrons. The average Bonchev–Trinajstić information content (AvgIpc) is 2.62. The average molecular weight is 281 g/mol. The molecule has 0 saturated carbocycles. The summed E-state index contributed by atoms with van der Waals surface area (Å²) in [6.07, 6.45) is 1.72. The van der Waals surface area contributed by atoms with Gasteiger partial charge in [-0.2, -0.15) is 5.10 Å². The molecule has 1 aromatic carbocycles. The standard InChI is InChI=1S/C12H13BrN2O/c1-9(2)15-12(13)11(8-14-15)16-10-6-4-3-5-7-10/h3-9H,1-2H3. The van der Waals surface area contributed by atoms with Crippen LogP contribution in [0.5, 0.6) is 11.5 Å². The number of benzene rings is 1. The Bertz CT molecular complexity index is 465. The van der Waals surface area contributed by atoms with Gasteiger partial charge in [0.2, 0.25) is 0 Å². The molecule has 0 aliphatic rings. The van der Waals surface area contributed by atoms with E-state index in [0.29, 0.717) is 6.04 Å².